The van der Waals surface area contributed by atoms with Crippen molar-refractivity contribution < 1.29 is 9.84 Å². The average molecular weight is 310 g/mol. The van der Waals surface area contributed by atoms with Gasteiger partial charge in [-0.2, -0.15) is 0 Å². The molecule has 4 heteroatoms. The van der Waals surface area contributed by atoms with E-state index in [0.29, 0.717) is 5.75 Å². The Hall–Kier alpha value is -2.46. The van der Waals surface area contributed by atoms with E-state index in [0.717, 1.165) is 22.6 Å². The third-order valence-electron chi connectivity index (χ3n) is 3.97. The molecule has 0 fully saturated rings. The number of hydrogen-bond acceptors (Lipinski definition) is 4. The molecule has 0 radical (unpaired) electrons. The highest BCUT2D eigenvalue weighted by Crippen LogP contribution is 2.32. The van der Waals surface area contributed by atoms with Crippen LogP contribution >= 0.6 is 0 Å². The van der Waals surface area contributed by atoms with Crippen LogP contribution in [0.3, 0.4) is 0 Å². The molecule has 0 saturated heterocycles. The number of hydrogen-bond donors (Lipinski definition) is 3. The Morgan fingerprint density at radius 1 is 1.04 bits per heavy atom. The molecule has 0 amide bonds. The molecular weight excluding hydrogens is 288 g/mol. The van der Waals surface area contributed by atoms with Crippen LogP contribution < -0.4 is 15.4 Å². The molecule has 1 heterocycles. The fraction of sp³-hybridized carbons (Fsp3) is 0.263. The second-order valence-electron chi connectivity index (χ2n) is 6.24. The summed E-state index contributed by atoms with van der Waals surface area (Å²) in [5.41, 5.74) is 2.69. The number of para-hydroxylation sites is 1. The van der Waals surface area contributed by atoms with Crippen LogP contribution in [-0.4, -0.2) is 17.9 Å². The van der Waals surface area contributed by atoms with E-state index in [2.05, 4.69) is 30.6 Å². The van der Waals surface area contributed by atoms with Crippen LogP contribution in [0.15, 0.2) is 54.6 Å². The molecule has 2 aromatic rings. The van der Waals surface area contributed by atoms with E-state index in [1.54, 1.807) is 13.2 Å². The predicted octanol–water partition coefficient (Wildman–Crippen LogP) is 3.41. The number of rotatable bonds is 3. The number of ether oxygens (including phenoxy) is 1. The van der Waals surface area contributed by atoms with Crippen LogP contribution in [0.1, 0.15) is 31.0 Å². The van der Waals surface area contributed by atoms with E-state index < -0.39 is 0 Å². The fourth-order valence-electron chi connectivity index (χ4n) is 2.87. The van der Waals surface area contributed by atoms with Crippen LogP contribution in [-0.2, 0) is 0 Å². The molecule has 0 aliphatic carbocycles. The summed E-state index contributed by atoms with van der Waals surface area (Å²) in [6.45, 7) is 4.16. The summed E-state index contributed by atoms with van der Waals surface area (Å²) in [5.74, 6) is 1.13. The molecule has 3 N–H and O–H groups in total. The van der Waals surface area contributed by atoms with E-state index in [1.807, 2.05) is 42.5 Å². The number of methoxy groups -OCH3 is 1. The third kappa shape index (κ3) is 3.32. The molecule has 4 nitrogen and oxygen atoms in total. The molecule has 0 aromatic heterocycles. The smallest absolute Gasteiger partial charge is 0.120 e. The lowest BCUT2D eigenvalue weighted by atomic mass is 9.96. The summed E-state index contributed by atoms with van der Waals surface area (Å²) in [4.78, 5) is 0. The summed E-state index contributed by atoms with van der Waals surface area (Å²) in [6.07, 6.45) is 2.10. The van der Waals surface area contributed by atoms with Crippen LogP contribution in [0.4, 0.5) is 0 Å². The number of phenols is 1. The van der Waals surface area contributed by atoms with Crippen molar-refractivity contribution in [1.29, 1.82) is 0 Å². The van der Waals surface area contributed by atoms with Crippen molar-refractivity contribution in [3.8, 4) is 11.5 Å². The standard InChI is InChI=1S/C19H22N2O2/c1-19(2)20-16(13-8-10-14(23-3)11-9-13)12-17(21-19)15-6-4-5-7-18(15)22/h4-12,17,20-22H,1-3H3. The van der Waals surface area contributed by atoms with E-state index in [1.165, 1.54) is 0 Å². The Labute approximate surface area is 136 Å². The maximum atomic E-state index is 10.2. The van der Waals surface area contributed by atoms with Gasteiger partial charge in [-0.1, -0.05) is 18.2 Å². The van der Waals surface area contributed by atoms with Crippen LogP contribution in [0.25, 0.3) is 5.70 Å². The van der Waals surface area contributed by atoms with Crippen molar-refractivity contribution >= 4 is 5.70 Å². The molecule has 1 unspecified atom stereocenters. The highest BCUT2D eigenvalue weighted by molar-refractivity contribution is 5.67. The van der Waals surface area contributed by atoms with Gasteiger partial charge in [0.05, 0.1) is 18.8 Å². The summed E-state index contributed by atoms with van der Waals surface area (Å²) >= 11 is 0. The Bertz CT molecular complexity index is 720. The molecule has 0 bridgehead atoms. The Kier molecular flexibility index (Phi) is 4.01. The summed E-state index contributed by atoms with van der Waals surface area (Å²) in [6, 6.07) is 15.3. The van der Waals surface area contributed by atoms with Gasteiger partial charge < -0.3 is 15.2 Å². The first-order valence-electron chi connectivity index (χ1n) is 7.68. The van der Waals surface area contributed by atoms with Crippen molar-refractivity contribution in [3.05, 3.63) is 65.7 Å². The van der Waals surface area contributed by atoms with E-state index in [-0.39, 0.29) is 11.7 Å². The maximum Gasteiger partial charge on any atom is 0.120 e. The van der Waals surface area contributed by atoms with E-state index >= 15 is 0 Å². The Balaban J connectivity index is 1.99. The van der Waals surface area contributed by atoms with Crippen molar-refractivity contribution in [1.82, 2.24) is 10.6 Å². The van der Waals surface area contributed by atoms with Gasteiger partial charge in [-0.25, -0.2) is 0 Å². The average Bonchev–Trinajstić information content (AvgIpc) is 2.54. The maximum absolute atomic E-state index is 10.2. The minimum atomic E-state index is -0.295. The number of phenolic OH excluding ortho intramolecular Hbond substituents is 1. The SMILES string of the molecule is COc1ccc(C2=CC(c3ccccc3O)NC(C)(C)N2)cc1. The van der Waals surface area contributed by atoms with Crippen LogP contribution in [0.2, 0.25) is 0 Å². The van der Waals surface area contributed by atoms with Gasteiger partial charge in [0.15, 0.2) is 0 Å². The normalized spacial score (nSPS) is 19.6. The van der Waals surface area contributed by atoms with Gasteiger partial charge in [0.2, 0.25) is 0 Å². The molecule has 1 aliphatic heterocycles. The lowest BCUT2D eigenvalue weighted by Crippen LogP contribution is -2.54. The van der Waals surface area contributed by atoms with Gasteiger partial charge in [0.1, 0.15) is 11.5 Å². The highest BCUT2D eigenvalue weighted by atomic mass is 16.5. The molecule has 1 aliphatic rings. The first-order chi connectivity index (χ1) is 11.0. The summed E-state index contributed by atoms with van der Waals surface area (Å²) in [5, 5.41) is 17.1. The molecule has 3 rings (SSSR count). The molecule has 0 saturated carbocycles. The zero-order valence-corrected chi connectivity index (χ0v) is 13.6. The van der Waals surface area contributed by atoms with E-state index in [4.69, 9.17) is 4.74 Å². The first kappa shape index (κ1) is 15.4. The van der Waals surface area contributed by atoms with Gasteiger partial charge in [-0.3, -0.25) is 5.32 Å². The molecule has 120 valence electrons. The number of benzene rings is 2. The lowest BCUT2D eigenvalue weighted by Gasteiger charge is -2.38. The quantitative estimate of drug-likeness (QED) is 0.813. The molecular formula is C19H22N2O2. The first-order valence-corrected chi connectivity index (χ1v) is 7.68. The second kappa shape index (κ2) is 5.97. The van der Waals surface area contributed by atoms with Crippen molar-refractivity contribution in [2.75, 3.05) is 7.11 Å². The summed E-state index contributed by atoms with van der Waals surface area (Å²) < 4.78 is 5.22. The van der Waals surface area contributed by atoms with Crippen molar-refractivity contribution in [3.63, 3.8) is 0 Å². The van der Waals surface area contributed by atoms with Crippen molar-refractivity contribution in [2.24, 2.45) is 0 Å². The zero-order chi connectivity index (χ0) is 16.4. The van der Waals surface area contributed by atoms with Crippen LogP contribution in [0, 0.1) is 0 Å². The van der Waals surface area contributed by atoms with Gasteiger partial charge in [-0.15, -0.1) is 0 Å². The Morgan fingerprint density at radius 3 is 2.39 bits per heavy atom. The van der Waals surface area contributed by atoms with Gasteiger partial charge in [0, 0.05) is 11.3 Å². The minimum Gasteiger partial charge on any atom is -0.508 e. The van der Waals surface area contributed by atoms with Crippen molar-refractivity contribution in [2.45, 2.75) is 25.6 Å². The fourth-order valence-corrected chi connectivity index (χ4v) is 2.87. The Morgan fingerprint density at radius 2 is 1.74 bits per heavy atom. The molecule has 1 atom stereocenters. The van der Waals surface area contributed by atoms with Gasteiger partial charge in [0.25, 0.3) is 0 Å². The second-order valence-corrected chi connectivity index (χ2v) is 6.24. The van der Waals surface area contributed by atoms with E-state index in [9.17, 15) is 5.11 Å². The molecule has 23 heavy (non-hydrogen) atoms. The lowest BCUT2D eigenvalue weighted by molar-refractivity contribution is 0.313. The minimum absolute atomic E-state index is 0.0652. The molecule has 0 spiro atoms. The number of nitrogens with one attached hydrogen (secondary N) is 2. The predicted molar refractivity (Wildman–Crippen MR) is 92.2 cm³/mol. The molecule has 2 aromatic carbocycles. The monoisotopic (exact) mass is 310 g/mol. The highest BCUT2D eigenvalue weighted by Gasteiger charge is 2.29. The van der Waals surface area contributed by atoms with Crippen LogP contribution in [0.5, 0.6) is 11.5 Å². The largest absolute Gasteiger partial charge is 0.508 e. The number of aromatic hydroxyl groups is 1. The zero-order valence-electron chi connectivity index (χ0n) is 13.6. The van der Waals surface area contributed by atoms with Gasteiger partial charge in [-0.05, 0) is 55.8 Å². The summed E-state index contributed by atoms with van der Waals surface area (Å²) in [7, 11) is 1.66. The third-order valence-corrected chi connectivity index (χ3v) is 3.97. The topological polar surface area (TPSA) is 53.5 Å². The van der Waals surface area contributed by atoms with Gasteiger partial charge >= 0.3 is 0 Å².